The smallest absolute Gasteiger partial charge is 0.305 e. The summed E-state index contributed by atoms with van der Waals surface area (Å²) >= 11 is 0. The van der Waals surface area contributed by atoms with Crippen molar-refractivity contribution >= 4 is 5.97 Å². The molecule has 0 aliphatic rings. The number of phenolic OH excluding ortho intramolecular Hbond substituents is 1. The maximum atomic E-state index is 10.9. The molecule has 1 rings (SSSR count). The van der Waals surface area contributed by atoms with Crippen molar-refractivity contribution in [2.45, 2.75) is 25.8 Å². The highest BCUT2D eigenvalue weighted by Crippen LogP contribution is 2.28. The molecule has 5 heteroatoms. The van der Waals surface area contributed by atoms with E-state index in [0.717, 1.165) is 5.56 Å². The van der Waals surface area contributed by atoms with Gasteiger partial charge in [0.2, 0.25) is 0 Å². The molecule has 0 aromatic heterocycles. The summed E-state index contributed by atoms with van der Waals surface area (Å²) in [7, 11) is 2.94. The van der Waals surface area contributed by atoms with Gasteiger partial charge in [-0.3, -0.25) is 4.79 Å². The van der Waals surface area contributed by atoms with Crippen LogP contribution in [0.1, 0.15) is 31.4 Å². The number of hydrogen-bond acceptors (Lipinski definition) is 5. The topological polar surface area (TPSA) is 67.8 Å². The van der Waals surface area contributed by atoms with E-state index in [-0.39, 0.29) is 17.8 Å². The number of phenols is 1. The minimum atomic E-state index is -0.207. The SMILES string of the molecule is COC(=O)CCCNC(C)c1ccc(OC)cc1O. The number of ether oxygens (including phenoxy) is 2. The van der Waals surface area contributed by atoms with Crippen LogP contribution in [0.4, 0.5) is 0 Å². The molecule has 1 atom stereocenters. The lowest BCUT2D eigenvalue weighted by molar-refractivity contribution is -0.140. The highest BCUT2D eigenvalue weighted by atomic mass is 16.5. The molecule has 0 amide bonds. The molecule has 19 heavy (non-hydrogen) atoms. The molecule has 1 unspecified atom stereocenters. The molecule has 2 N–H and O–H groups in total. The Morgan fingerprint density at radius 3 is 2.74 bits per heavy atom. The molecule has 0 saturated carbocycles. The van der Waals surface area contributed by atoms with Crippen LogP contribution in [0.5, 0.6) is 11.5 Å². The monoisotopic (exact) mass is 267 g/mol. The Hall–Kier alpha value is -1.75. The Morgan fingerprint density at radius 1 is 1.42 bits per heavy atom. The second-order valence-corrected chi connectivity index (χ2v) is 4.28. The number of methoxy groups -OCH3 is 2. The van der Waals surface area contributed by atoms with E-state index < -0.39 is 0 Å². The van der Waals surface area contributed by atoms with E-state index in [0.29, 0.717) is 25.1 Å². The molecule has 0 fully saturated rings. The van der Waals surface area contributed by atoms with Crippen LogP contribution in [0, 0.1) is 0 Å². The van der Waals surface area contributed by atoms with Crippen LogP contribution >= 0.6 is 0 Å². The van der Waals surface area contributed by atoms with Gasteiger partial charge in [-0.1, -0.05) is 6.07 Å². The van der Waals surface area contributed by atoms with Gasteiger partial charge in [-0.15, -0.1) is 0 Å². The first-order valence-corrected chi connectivity index (χ1v) is 6.25. The number of hydrogen-bond donors (Lipinski definition) is 2. The van der Waals surface area contributed by atoms with Crippen LogP contribution in [-0.2, 0) is 9.53 Å². The summed E-state index contributed by atoms with van der Waals surface area (Å²) in [5.41, 5.74) is 0.805. The average molecular weight is 267 g/mol. The number of rotatable bonds is 7. The van der Waals surface area contributed by atoms with E-state index in [9.17, 15) is 9.90 Å². The van der Waals surface area contributed by atoms with E-state index in [2.05, 4.69) is 10.1 Å². The molecule has 106 valence electrons. The van der Waals surface area contributed by atoms with Crippen molar-refractivity contribution in [2.75, 3.05) is 20.8 Å². The number of nitrogens with one attached hydrogen (secondary N) is 1. The quantitative estimate of drug-likeness (QED) is 0.584. The van der Waals surface area contributed by atoms with Crippen molar-refractivity contribution in [3.05, 3.63) is 23.8 Å². The van der Waals surface area contributed by atoms with Crippen molar-refractivity contribution in [1.29, 1.82) is 0 Å². The van der Waals surface area contributed by atoms with Crippen LogP contribution in [-0.4, -0.2) is 31.8 Å². The van der Waals surface area contributed by atoms with Gasteiger partial charge in [-0.2, -0.15) is 0 Å². The third-order valence-electron chi connectivity index (χ3n) is 2.94. The third kappa shape index (κ3) is 4.79. The van der Waals surface area contributed by atoms with Gasteiger partial charge < -0.3 is 19.9 Å². The number of aromatic hydroxyl groups is 1. The Balaban J connectivity index is 2.45. The highest BCUT2D eigenvalue weighted by molar-refractivity contribution is 5.69. The lowest BCUT2D eigenvalue weighted by Gasteiger charge is -2.16. The molecule has 0 saturated heterocycles. The molecule has 0 radical (unpaired) electrons. The summed E-state index contributed by atoms with van der Waals surface area (Å²) in [4.78, 5) is 10.9. The van der Waals surface area contributed by atoms with Gasteiger partial charge in [0.25, 0.3) is 0 Å². The molecule has 0 aliphatic carbocycles. The summed E-state index contributed by atoms with van der Waals surface area (Å²) in [5.74, 6) is 0.619. The summed E-state index contributed by atoms with van der Waals surface area (Å²) in [6, 6.07) is 5.22. The normalized spacial score (nSPS) is 11.9. The fraction of sp³-hybridized carbons (Fsp3) is 0.500. The van der Waals surface area contributed by atoms with Crippen LogP contribution in [0.2, 0.25) is 0 Å². The first-order chi connectivity index (χ1) is 9.08. The van der Waals surface area contributed by atoms with E-state index in [1.54, 1.807) is 13.2 Å². The summed E-state index contributed by atoms with van der Waals surface area (Å²) in [6.07, 6.45) is 1.10. The highest BCUT2D eigenvalue weighted by Gasteiger charge is 2.10. The van der Waals surface area contributed by atoms with Gasteiger partial charge in [0.15, 0.2) is 0 Å². The average Bonchev–Trinajstić information content (AvgIpc) is 2.42. The predicted octanol–water partition coefficient (Wildman–Crippen LogP) is 2.00. The molecule has 0 bridgehead atoms. The van der Waals surface area contributed by atoms with Gasteiger partial charge in [-0.25, -0.2) is 0 Å². The first-order valence-electron chi connectivity index (χ1n) is 6.25. The number of esters is 1. The second-order valence-electron chi connectivity index (χ2n) is 4.28. The maximum absolute atomic E-state index is 10.9. The van der Waals surface area contributed by atoms with Gasteiger partial charge in [0.05, 0.1) is 14.2 Å². The number of carbonyl (C=O) groups excluding carboxylic acids is 1. The Morgan fingerprint density at radius 2 is 2.16 bits per heavy atom. The largest absolute Gasteiger partial charge is 0.507 e. The third-order valence-corrected chi connectivity index (χ3v) is 2.94. The van der Waals surface area contributed by atoms with Crippen molar-refractivity contribution in [1.82, 2.24) is 5.32 Å². The van der Waals surface area contributed by atoms with Crippen LogP contribution < -0.4 is 10.1 Å². The zero-order valence-electron chi connectivity index (χ0n) is 11.6. The standard InChI is InChI=1S/C14H21NO4/c1-10(15-8-4-5-14(17)19-3)12-7-6-11(18-2)9-13(12)16/h6-7,9-10,15-16H,4-5,8H2,1-3H3. The number of carbonyl (C=O) groups is 1. The summed E-state index contributed by atoms with van der Waals surface area (Å²) in [6.45, 7) is 2.64. The number of benzene rings is 1. The van der Waals surface area contributed by atoms with Crippen LogP contribution in [0.25, 0.3) is 0 Å². The molecule has 1 aromatic carbocycles. The minimum absolute atomic E-state index is 0.00329. The first kappa shape index (κ1) is 15.3. The summed E-state index contributed by atoms with van der Waals surface area (Å²) < 4.78 is 9.60. The van der Waals surface area contributed by atoms with Crippen molar-refractivity contribution in [3.8, 4) is 11.5 Å². The molecule has 0 spiro atoms. The van der Waals surface area contributed by atoms with E-state index in [1.807, 2.05) is 19.1 Å². The Bertz CT molecular complexity index is 420. The lowest BCUT2D eigenvalue weighted by atomic mass is 10.1. The van der Waals surface area contributed by atoms with Crippen LogP contribution in [0.3, 0.4) is 0 Å². The lowest BCUT2D eigenvalue weighted by Crippen LogP contribution is -2.20. The summed E-state index contributed by atoms with van der Waals surface area (Å²) in [5, 5.41) is 13.1. The van der Waals surface area contributed by atoms with Crippen LogP contribution in [0.15, 0.2) is 18.2 Å². The second kappa shape index (κ2) is 7.63. The minimum Gasteiger partial charge on any atom is -0.507 e. The molecule has 0 heterocycles. The van der Waals surface area contributed by atoms with Gasteiger partial charge in [0.1, 0.15) is 11.5 Å². The van der Waals surface area contributed by atoms with E-state index >= 15 is 0 Å². The van der Waals surface area contributed by atoms with Gasteiger partial charge in [0, 0.05) is 24.1 Å². The van der Waals surface area contributed by atoms with Gasteiger partial charge in [-0.05, 0) is 26.0 Å². The fourth-order valence-corrected chi connectivity index (χ4v) is 1.78. The predicted molar refractivity (Wildman–Crippen MR) is 72.3 cm³/mol. The molecule has 0 aliphatic heterocycles. The van der Waals surface area contributed by atoms with Crippen molar-refractivity contribution in [2.24, 2.45) is 0 Å². The Kier molecular flexibility index (Phi) is 6.15. The molecular formula is C14H21NO4. The van der Waals surface area contributed by atoms with Crippen molar-refractivity contribution < 1.29 is 19.4 Å². The maximum Gasteiger partial charge on any atom is 0.305 e. The fourth-order valence-electron chi connectivity index (χ4n) is 1.78. The van der Waals surface area contributed by atoms with Gasteiger partial charge >= 0.3 is 5.97 Å². The van der Waals surface area contributed by atoms with E-state index in [4.69, 9.17) is 4.74 Å². The van der Waals surface area contributed by atoms with Crippen molar-refractivity contribution in [3.63, 3.8) is 0 Å². The van der Waals surface area contributed by atoms with E-state index in [1.165, 1.54) is 7.11 Å². The Labute approximate surface area is 113 Å². The molecule has 5 nitrogen and oxygen atoms in total. The molecule has 1 aromatic rings. The zero-order chi connectivity index (χ0) is 14.3. The zero-order valence-corrected chi connectivity index (χ0v) is 11.6. The molecular weight excluding hydrogens is 246 g/mol.